The highest BCUT2D eigenvalue weighted by Crippen LogP contribution is 2.41. The number of thiazole rings is 1. The Hall–Kier alpha value is -0.410. The van der Waals surface area contributed by atoms with Gasteiger partial charge >= 0.3 is 0 Å². The van der Waals surface area contributed by atoms with E-state index in [0.29, 0.717) is 5.41 Å². The van der Waals surface area contributed by atoms with Crippen LogP contribution in [-0.4, -0.2) is 11.5 Å². The monoisotopic (exact) mass is 238 g/mol. The van der Waals surface area contributed by atoms with Gasteiger partial charge < -0.3 is 5.73 Å². The van der Waals surface area contributed by atoms with Crippen LogP contribution in [-0.2, 0) is 6.42 Å². The third-order valence-corrected chi connectivity index (χ3v) is 4.90. The van der Waals surface area contributed by atoms with Gasteiger partial charge in [0.25, 0.3) is 0 Å². The van der Waals surface area contributed by atoms with E-state index in [2.05, 4.69) is 18.8 Å². The van der Waals surface area contributed by atoms with Gasteiger partial charge in [-0.2, -0.15) is 0 Å². The van der Waals surface area contributed by atoms with E-state index in [4.69, 9.17) is 5.73 Å². The molecule has 1 aromatic rings. The highest BCUT2D eigenvalue weighted by Gasteiger charge is 2.33. The second-order valence-corrected chi connectivity index (χ2v) is 6.73. The van der Waals surface area contributed by atoms with Crippen LogP contribution in [0.3, 0.4) is 0 Å². The van der Waals surface area contributed by atoms with Crippen molar-refractivity contribution in [2.45, 2.75) is 46.0 Å². The summed E-state index contributed by atoms with van der Waals surface area (Å²) in [5.74, 6) is 0.892. The van der Waals surface area contributed by atoms with E-state index in [9.17, 15) is 0 Å². The van der Waals surface area contributed by atoms with Crippen molar-refractivity contribution in [1.29, 1.82) is 0 Å². The average molecular weight is 238 g/mol. The Morgan fingerprint density at radius 1 is 1.50 bits per heavy atom. The normalized spacial score (nSPS) is 30.6. The van der Waals surface area contributed by atoms with E-state index in [-0.39, 0.29) is 0 Å². The summed E-state index contributed by atoms with van der Waals surface area (Å²) in [5, 5.41) is 1.17. The van der Waals surface area contributed by atoms with Gasteiger partial charge in [-0.15, -0.1) is 11.3 Å². The van der Waals surface area contributed by atoms with Crippen LogP contribution in [0.2, 0.25) is 0 Å². The summed E-state index contributed by atoms with van der Waals surface area (Å²) in [4.78, 5) is 5.75. The molecule has 2 nitrogen and oxygen atoms in total. The van der Waals surface area contributed by atoms with Gasteiger partial charge in [-0.05, 0) is 44.1 Å². The van der Waals surface area contributed by atoms with Gasteiger partial charge in [-0.1, -0.05) is 19.8 Å². The Morgan fingerprint density at radius 3 is 2.69 bits per heavy atom. The summed E-state index contributed by atoms with van der Waals surface area (Å²) in [6.45, 7) is 5.26. The van der Waals surface area contributed by atoms with E-state index >= 15 is 0 Å². The predicted octanol–water partition coefficient (Wildman–Crippen LogP) is 3.15. The number of hydrogen-bond acceptors (Lipinski definition) is 3. The third-order valence-electron chi connectivity index (χ3n) is 3.99. The number of nitrogens with two attached hydrogens (primary N) is 1. The lowest BCUT2D eigenvalue weighted by Crippen LogP contribution is -2.36. The fourth-order valence-electron chi connectivity index (χ4n) is 2.68. The molecular weight excluding hydrogens is 216 g/mol. The standard InChI is InChI=1S/C13H22N2S/c1-10-3-5-13(9-14,6-4-10)7-12-8-15-11(2)16-12/h8,10H,3-7,9,14H2,1-2H3. The molecule has 1 heterocycles. The van der Waals surface area contributed by atoms with Gasteiger partial charge in [-0.25, -0.2) is 4.98 Å². The van der Waals surface area contributed by atoms with Crippen molar-refractivity contribution in [2.75, 3.05) is 6.54 Å². The Balaban J connectivity index is 2.04. The van der Waals surface area contributed by atoms with Crippen LogP contribution in [0.5, 0.6) is 0 Å². The SMILES string of the molecule is Cc1ncc(CC2(CN)CCC(C)CC2)s1. The van der Waals surface area contributed by atoms with Gasteiger partial charge in [0.05, 0.1) is 5.01 Å². The molecular formula is C13H22N2S. The van der Waals surface area contributed by atoms with Crippen LogP contribution in [0.4, 0.5) is 0 Å². The van der Waals surface area contributed by atoms with E-state index in [1.54, 1.807) is 0 Å². The molecule has 1 aromatic heterocycles. The van der Waals surface area contributed by atoms with Crippen LogP contribution in [0.1, 0.15) is 42.5 Å². The van der Waals surface area contributed by atoms with Gasteiger partial charge in [0.1, 0.15) is 0 Å². The fourth-order valence-corrected chi connectivity index (χ4v) is 3.65. The molecule has 1 aliphatic rings. The lowest BCUT2D eigenvalue weighted by molar-refractivity contribution is 0.164. The molecule has 0 radical (unpaired) electrons. The topological polar surface area (TPSA) is 38.9 Å². The molecule has 2 rings (SSSR count). The minimum absolute atomic E-state index is 0.367. The van der Waals surface area contributed by atoms with Crippen LogP contribution < -0.4 is 5.73 Å². The molecule has 90 valence electrons. The van der Waals surface area contributed by atoms with Gasteiger partial charge in [0.2, 0.25) is 0 Å². The Morgan fingerprint density at radius 2 is 2.19 bits per heavy atom. The molecule has 16 heavy (non-hydrogen) atoms. The van der Waals surface area contributed by atoms with Crippen molar-refractivity contribution in [2.24, 2.45) is 17.1 Å². The van der Waals surface area contributed by atoms with Gasteiger partial charge in [-0.3, -0.25) is 0 Å². The summed E-state index contributed by atoms with van der Waals surface area (Å²) in [5.41, 5.74) is 6.39. The Kier molecular flexibility index (Phi) is 3.65. The molecule has 0 atom stereocenters. The number of nitrogens with zero attached hydrogens (tertiary/aromatic N) is 1. The lowest BCUT2D eigenvalue weighted by atomic mass is 9.69. The summed E-state index contributed by atoms with van der Waals surface area (Å²) in [7, 11) is 0. The zero-order chi connectivity index (χ0) is 11.6. The van der Waals surface area contributed by atoms with Gasteiger partial charge in [0, 0.05) is 11.1 Å². The summed E-state index contributed by atoms with van der Waals surface area (Å²) < 4.78 is 0. The number of aromatic nitrogens is 1. The molecule has 1 fully saturated rings. The average Bonchev–Trinajstić information content (AvgIpc) is 2.68. The van der Waals surface area contributed by atoms with Crippen LogP contribution in [0, 0.1) is 18.3 Å². The quantitative estimate of drug-likeness (QED) is 0.878. The first-order valence-corrected chi connectivity index (χ1v) is 7.07. The highest BCUT2D eigenvalue weighted by atomic mass is 32.1. The molecule has 3 heteroatoms. The molecule has 0 unspecified atom stereocenters. The first-order chi connectivity index (χ1) is 7.63. The number of hydrogen-bond donors (Lipinski definition) is 1. The van der Waals surface area contributed by atoms with Crippen molar-refractivity contribution >= 4 is 11.3 Å². The maximum absolute atomic E-state index is 6.02. The zero-order valence-corrected chi connectivity index (χ0v) is 11.1. The maximum Gasteiger partial charge on any atom is 0.0896 e. The van der Waals surface area contributed by atoms with Crippen LogP contribution in [0.25, 0.3) is 0 Å². The Labute approximate surface area is 102 Å². The smallest absolute Gasteiger partial charge is 0.0896 e. The second kappa shape index (κ2) is 4.84. The first-order valence-electron chi connectivity index (χ1n) is 6.25. The lowest BCUT2D eigenvalue weighted by Gasteiger charge is -2.38. The molecule has 0 aliphatic heterocycles. The van der Waals surface area contributed by atoms with Crippen molar-refractivity contribution in [1.82, 2.24) is 4.98 Å². The van der Waals surface area contributed by atoms with Crippen molar-refractivity contribution in [3.05, 3.63) is 16.1 Å². The molecule has 0 bridgehead atoms. The first kappa shape index (κ1) is 12.1. The molecule has 1 aliphatic carbocycles. The molecule has 1 saturated carbocycles. The second-order valence-electron chi connectivity index (χ2n) is 5.41. The third kappa shape index (κ3) is 2.64. The molecule has 0 saturated heterocycles. The van der Waals surface area contributed by atoms with Crippen molar-refractivity contribution in [3.63, 3.8) is 0 Å². The highest BCUT2D eigenvalue weighted by molar-refractivity contribution is 7.11. The van der Waals surface area contributed by atoms with Crippen LogP contribution in [0.15, 0.2) is 6.20 Å². The predicted molar refractivity (Wildman–Crippen MR) is 69.7 cm³/mol. The number of aryl methyl sites for hydroxylation is 1. The summed E-state index contributed by atoms with van der Waals surface area (Å²) in [6.07, 6.45) is 8.45. The minimum atomic E-state index is 0.367. The van der Waals surface area contributed by atoms with Crippen molar-refractivity contribution in [3.8, 4) is 0 Å². The van der Waals surface area contributed by atoms with Crippen molar-refractivity contribution < 1.29 is 0 Å². The maximum atomic E-state index is 6.02. The molecule has 0 spiro atoms. The summed E-state index contributed by atoms with van der Waals surface area (Å²) >= 11 is 1.83. The molecule has 0 amide bonds. The van der Waals surface area contributed by atoms with E-state index in [0.717, 1.165) is 18.9 Å². The minimum Gasteiger partial charge on any atom is -0.330 e. The van der Waals surface area contributed by atoms with E-state index in [1.165, 1.54) is 35.6 Å². The molecule has 0 aromatic carbocycles. The van der Waals surface area contributed by atoms with Crippen LogP contribution >= 0.6 is 11.3 Å². The number of rotatable bonds is 3. The molecule has 2 N–H and O–H groups in total. The van der Waals surface area contributed by atoms with Gasteiger partial charge in [0.15, 0.2) is 0 Å². The fraction of sp³-hybridized carbons (Fsp3) is 0.769. The van der Waals surface area contributed by atoms with E-state index in [1.807, 2.05) is 17.5 Å². The van der Waals surface area contributed by atoms with E-state index < -0.39 is 0 Å². The Bertz CT molecular complexity index is 337. The largest absolute Gasteiger partial charge is 0.330 e. The summed E-state index contributed by atoms with van der Waals surface area (Å²) in [6, 6.07) is 0. The zero-order valence-electron chi connectivity index (χ0n) is 10.3.